The number of alkyl halides is 6. The minimum atomic E-state index is -5.18. The minimum Gasteiger partial charge on any atom is -0.344 e. The lowest BCUT2D eigenvalue weighted by molar-refractivity contribution is -0.143. The lowest BCUT2D eigenvalue weighted by Crippen LogP contribution is -2.46. The summed E-state index contributed by atoms with van der Waals surface area (Å²) in [6.07, 6.45) is -3.99. The summed E-state index contributed by atoms with van der Waals surface area (Å²) in [7, 11) is -5.58. The quantitative estimate of drug-likeness (QED) is 0.0468. The van der Waals surface area contributed by atoms with Gasteiger partial charge in [0, 0.05) is 11.4 Å². The Balaban J connectivity index is 1.26. The summed E-state index contributed by atoms with van der Waals surface area (Å²) in [6.45, 7) is 1.58. The van der Waals surface area contributed by atoms with Crippen LogP contribution in [0.5, 0.6) is 0 Å². The van der Waals surface area contributed by atoms with Crippen molar-refractivity contribution in [3.63, 3.8) is 0 Å². The van der Waals surface area contributed by atoms with Crippen LogP contribution < -0.4 is 30.7 Å². The van der Waals surface area contributed by atoms with E-state index in [0.29, 0.717) is 65.9 Å². The molecule has 6 N–H and O–H groups in total. The van der Waals surface area contributed by atoms with E-state index in [1.807, 2.05) is 0 Å². The Morgan fingerprint density at radius 1 is 0.579 bits per heavy atom. The highest BCUT2D eigenvalue weighted by atomic mass is 35.5. The number of amides is 4. The van der Waals surface area contributed by atoms with Gasteiger partial charge in [0.2, 0.25) is 43.7 Å². The van der Waals surface area contributed by atoms with Crippen LogP contribution in [0.25, 0.3) is 0 Å². The smallest absolute Gasteiger partial charge is 0.344 e. The van der Waals surface area contributed by atoms with Crippen LogP contribution in [-0.4, -0.2) is 66.6 Å². The normalized spacial score (nSPS) is 17.6. The number of nitrogens with one attached hydrogen (secondary N) is 6. The summed E-state index contributed by atoms with van der Waals surface area (Å²) < 4.78 is 139. The van der Waals surface area contributed by atoms with Gasteiger partial charge in [0.05, 0.1) is 43.8 Å². The number of hydrogen-bond acceptors (Lipinski definition) is 8. The molecule has 2 saturated carbocycles. The molecule has 0 radical (unpaired) electrons. The maximum absolute atomic E-state index is 14.4. The number of carbonyl (C=O) groups is 4. The van der Waals surface area contributed by atoms with Crippen LogP contribution in [0.3, 0.4) is 0 Å². The van der Waals surface area contributed by atoms with Crippen molar-refractivity contribution in [2.24, 2.45) is 17.8 Å². The summed E-state index contributed by atoms with van der Waals surface area (Å²) in [5, 5.41) is 11.6. The number of halogens is 8. The molecule has 4 aromatic carbocycles. The van der Waals surface area contributed by atoms with E-state index in [4.69, 9.17) is 23.2 Å². The largest absolute Gasteiger partial charge is 0.416 e. The molecule has 76 heavy (non-hydrogen) atoms. The molecular formula is C52H60Cl2F6N6O8S2. The molecular weight excluding hydrogens is 1090 g/mol. The summed E-state index contributed by atoms with van der Waals surface area (Å²) in [5.41, 5.74) is -2.07. The third kappa shape index (κ3) is 16.6. The van der Waals surface area contributed by atoms with Gasteiger partial charge >= 0.3 is 12.4 Å². The summed E-state index contributed by atoms with van der Waals surface area (Å²) in [4.78, 5) is 55.5. The average molecular weight is 1150 g/mol. The lowest BCUT2D eigenvalue weighted by atomic mass is 9.76. The van der Waals surface area contributed by atoms with E-state index < -0.39 is 91.2 Å². The summed E-state index contributed by atoms with van der Waals surface area (Å²) in [5.74, 6) is -3.28. The van der Waals surface area contributed by atoms with Gasteiger partial charge in [-0.25, -0.2) is 26.3 Å². The Morgan fingerprint density at radius 3 is 1.63 bits per heavy atom. The Bertz CT molecular complexity index is 2980. The zero-order valence-electron chi connectivity index (χ0n) is 41.8. The van der Waals surface area contributed by atoms with E-state index in [1.165, 1.54) is 44.4 Å². The fraction of sp³-hybridized carbons (Fsp3) is 0.462. The highest BCUT2D eigenvalue weighted by molar-refractivity contribution is 7.89. The predicted octanol–water partition coefficient (Wildman–Crippen LogP) is 9.90. The van der Waals surface area contributed by atoms with Gasteiger partial charge in [0.25, 0.3) is 0 Å². The minimum absolute atomic E-state index is 0.0557. The average Bonchev–Trinajstić information content (AvgIpc) is 3.35. The number of benzene rings is 4. The molecule has 0 spiro atoms. The predicted molar refractivity (Wildman–Crippen MR) is 277 cm³/mol. The van der Waals surface area contributed by atoms with Crippen molar-refractivity contribution in [2.75, 3.05) is 24.7 Å². The standard InChI is InChI=1S/C52H60Cl2F6N6O8S2/c1-30-12-15-39(75(71,72)61-2)28-43(30)65-49(69)46(64-48(68)26-35-20-37(51(55,56)57)27-38(21-35)52(58,59)60)24-33-11-7-10-32(18-33)19-36-14-16-40(76(73,74)62-3)29-44(36)66-50(70)45(23-31-8-5-4-6-9-31)63-47(67)25-34-13-17-41(53)42(54)22-34/h12-17,20-22,27-29,31-33,45-46,61-62H,4-11,18-19,23-26H2,1-3H3,(H,63,67)(H,64,68)(H,65,69)(H,66,70)/t32?,33?,45-,46-/m1/s1. The molecule has 0 saturated heterocycles. The van der Waals surface area contributed by atoms with Crippen LogP contribution in [0, 0.1) is 24.7 Å². The van der Waals surface area contributed by atoms with E-state index >= 15 is 0 Å². The zero-order chi connectivity index (χ0) is 55.8. The molecule has 2 aliphatic carbocycles. The van der Waals surface area contributed by atoms with E-state index in [2.05, 4.69) is 30.7 Å². The highest BCUT2D eigenvalue weighted by Crippen LogP contribution is 2.39. The van der Waals surface area contributed by atoms with Crippen molar-refractivity contribution in [2.45, 2.75) is 131 Å². The topological polar surface area (TPSA) is 209 Å². The molecule has 0 aliphatic heterocycles. The molecule has 24 heteroatoms. The first-order chi connectivity index (χ1) is 35.6. The lowest BCUT2D eigenvalue weighted by Gasteiger charge is -2.32. The number of carbonyl (C=O) groups excluding carboxylic acids is 4. The fourth-order valence-electron chi connectivity index (χ4n) is 9.89. The number of anilines is 2. The summed E-state index contributed by atoms with van der Waals surface area (Å²) >= 11 is 12.3. The van der Waals surface area contributed by atoms with Crippen molar-refractivity contribution in [3.05, 3.63) is 116 Å². The van der Waals surface area contributed by atoms with E-state index in [0.717, 1.165) is 32.1 Å². The number of sulfonamides is 2. The molecule has 14 nitrogen and oxygen atoms in total. The van der Waals surface area contributed by atoms with Crippen LogP contribution in [0.2, 0.25) is 10.0 Å². The van der Waals surface area contributed by atoms with Crippen LogP contribution in [0.15, 0.2) is 82.6 Å². The number of aryl methyl sites for hydroxylation is 1. The van der Waals surface area contributed by atoms with Gasteiger partial charge in [-0.1, -0.05) is 92.8 Å². The van der Waals surface area contributed by atoms with Gasteiger partial charge in [-0.05, 0) is 141 Å². The molecule has 6 rings (SSSR count). The Kier molecular flexibility index (Phi) is 20.1. The van der Waals surface area contributed by atoms with Gasteiger partial charge in [-0.3, -0.25) is 19.2 Å². The molecule has 2 aliphatic rings. The van der Waals surface area contributed by atoms with Crippen LogP contribution in [0.1, 0.15) is 104 Å². The first kappa shape index (κ1) is 60.0. The molecule has 0 heterocycles. The van der Waals surface area contributed by atoms with E-state index in [-0.39, 0.29) is 69.3 Å². The number of rotatable bonds is 20. The van der Waals surface area contributed by atoms with E-state index in [1.54, 1.807) is 31.2 Å². The third-order valence-corrected chi connectivity index (χ3v) is 17.5. The monoisotopic (exact) mass is 1140 g/mol. The van der Waals surface area contributed by atoms with Gasteiger partial charge in [0.1, 0.15) is 12.1 Å². The second-order valence-corrected chi connectivity index (χ2v) is 24.1. The first-order valence-electron chi connectivity index (χ1n) is 24.7. The van der Waals surface area contributed by atoms with Crippen LogP contribution >= 0.6 is 23.2 Å². The third-order valence-electron chi connectivity index (χ3n) is 13.9. The van der Waals surface area contributed by atoms with Gasteiger partial charge in [-0.2, -0.15) is 26.3 Å². The molecule has 4 atom stereocenters. The van der Waals surface area contributed by atoms with Gasteiger partial charge < -0.3 is 21.3 Å². The molecule has 0 bridgehead atoms. The van der Waals surface area contributed by atoms with Gasteiger partial charge in [-0.15, -0.1) is 0 Å². The molecule has 2 unspecified atom stereocenters. The number of hydrogen-bond donors (Lipinski definition) is 6. The fourth-order valence-corrected chi connectivity index (χ4v) is 11.7. The van der Waals surface area contributed by atoms with Crippen molar-refractivity contribution < 1.29 is 62.4 Å². The van der Waals surface area contributed by atoms with Crippen molar-refractivity contribution in [1.29, 1.82) is 0 Å². The molecule has 4 aromatic rings. The zero-order valence-corrected chi connectivity index (χ0v) is 45.0. The maximum atomic E-state index is 14.4. The molecule has 0 aromatic heterocycles. The van der Waals surface area contributed by atoms with Crippen molar-refractivity contribution in [3.8, 4) is 0 Å². The summed E-state index contributed by atoms with van der Waals surface area (Å²) in [6, 6.07) is 11.4. The van der Waals surface area contributed by atoms with Crippen LogP contribution in [-0.2, 0) is 70.8 Å². The Morgan fingerprint density at radius 2 is 1.08 bits per heavy atom. The second kappa shape index (κ2) is 25.5. The van der Waals surface area contributed by atoms with Crippen molar-refractivity contribution in [1.82, 2.24) is 20.1 Å². The molecule has 2 fully saturated rings. The van der Waals surface area contributed by atoms with E-state index in [9.17, 15) is 62.4 Å². The Labute approximate surface area is 448 Å². The first-order valence-corrected chi connectivity index (χ1v) is 28.4. The Hall–Kier alpha value is -5.26. The molecule has 4 amide bonds. The second-order valence-electron chi connectivity index (χ2n) is 19.5. The highest BCUT2D eigenvalue weighted by Gasteiger charge is 2.38. The van der Waals surface area contributed by atoms with Crippen molar-refractivity contribution >= 4 is 78.3 Å². The van der Waals surface area contributed by atoms with Gasteiger partial charge in [0.15, 0.2) is 0 Å². The maximum Gasteiger partial charge on any atom is 0.416 e. The molecule has 414 valence electrons. The SMILES string of the molecule is CNS(=O)(=O)c1ccc(C)c(NC(=O)[C@@H](CC2CCCC(Cc3ccc(S(=O)(=O)NC)cc3NC(=O)[C@@H](CC3CCCCC3)NC(=O)Cc3ccc(Cl)c(Cl)c3)C2)NC(=O)Cc2cc(C(F)(F)F)cc(C(F)(F)F)c2)c1. The van der Waals surface area contributed by atoms with Crippen LogP contribution in [0.4, 0.5) is 37.7 Å².